The van der Waals surface area contributed by atoms with Crippen LogP contribution in [0.4, 0.5) is 5.69 Å². The first-order chi connectivity index (χ1) is 8.60. The topological polar surface area (TPSA) is 67.2 Å². The van der Waals surface area contributed by atoms with Gasteiger partial charge in [-0.2, -0.15) is 5.10 Å². The molecule has 5 nitrogen and oxygen atoms in total. The lowest BCUT2D eigenvalue weighted by Crippen LogP contribution is -2.12. The van der Waals surface area contributed by atoms with E-state index in [-0.39, 0.29) is 12.5 Å². The Bertz CT molecular complexity index is 575. The second-order valence-electron chi connectivity index (χ2n) is 4.11. The molecule has 0 bridgehead atoms. The fourth-order valence-corrected chi connectivity index (χ4v) is 1.77. The molecule has 2 N–H and O–H groups in total. The predicted octanol–water partition coefficient (Wildman–Crippen LogP) is 1.47. The van der Waals surface area contributed by atoms with E-state index in [1.165, 1.54) is 0 Å². The number of hydrogen-bond donors (Lipinski definition) is 2. The van der Waals surface area contributed by atoms with Crippen molar-refractivity contribution < 1.29 is 9.90 Å². The fourth-order valence-electron chi connectivity index (χ4n) is 1.77. The van der Waals surface area contributed by atoms with Gasteiger partial charge in [-0.1, -0.05) is 12.1 Å². The van der Waals surface area contributed by atoms with Crippen LogP contribution in [-0.2, 0) is 13.7 Å². The van der Waals surface area contributed by atoms with Crippen LogP contribution in [0.1, 0.15) is 21.6 Å². The number of nitrogens with one attached hydrogen (secondary N) is 1. The molecule has 0 fully saturated rings. The maximum atomic E-state index is 12.0. The summed E-state index contributed by atoms with van der Waals surface area (Å²) in [5.74, 6) is -0.198. The van der Waals surface area contributed by atoms with E-state index in [1.807, 2.05) is 0 Å². The molecule has 1 amide bonds. The number of carbonyl (C=O) groups excluding carboxylic acids is 1. The average Bonchev–Trinajstić information content (AvgIpc) is 2.69. The van der Waals surface area contributed by atoms with Crippen molar-refractivity contribution in [3.05, 3.63) is 47.3 Å². The lowest BCUT2D eigenvalue weighted by Gasteiger charge is -2.05. The quantitative estimate of drug-likeness (QED) is 0.860. The smallest absolute Gasteiger partial charge is 0.259 e. The number of aliphatic hydroxyl groups excluding tert-OH is 1. The number of rotatable bonds is 3. The number of aliphatic hydroxyl groups is 1. The molecule has 1 heterocycles. The minimum atomic E-state index is -0.198. The number of aryl methyl sites for hydroxylation is 2. The zero-order valence-corrected chi connectivity index (χ0v) is 10.3. The Morgan fingerprint density at radius 1 is 1.50 bits per heavy atom. The van der Waals surface area contributed by atoms with Crippen molar-refractivity contribution in [3.63, 3.8) is 0 Å². The van der Waals surface area contributed by atoms with Crippen LogP contribution in [0.5, 0.6) is 0 Å². The molecular weight excluding hydrogens is 230 g/mol. The summed E-state index contributed by atoms with van der Waals surface area (Å²) in [6.07, 6.45) is 1.68. The molecule has 18 heavy (non-hydrogen) atoms. The number of amides is 1. The van der Waals surface area contributed by atoms with Gasteiger partial charge in [-0.25, -0.2) is 0 Å². The van der Waals surface area contributed by atoms with Gasteiger partial charge >= 0.3 is 0 Å². The van der Waals surface area contributed by atoms with Gasteiger partial charge < -0.3 is 10.4 Å². The zero-order valence-electron chi connectivity index (χ0n) is 10.3. The summed E-state index contributed by atoms with van der Waals surface area (Å²) in [5.41, 5.74) is 2.66. The largest absolute Gasteiger partial charge is 0.392 e. The van der Waals surface area contributed by atoms with Crippen molar-refractivity contribution in [2.75, 3.05) is 5.32 Å². The number of benzene rings is 1. The minimum Gasteiger partial charge on any atom is -0.392 e. The van der Waals surface area contributed by atoms with Gasteiger partial charge in [-0.05, 0) is 24.6 Å². The summed E-state index contributed by atoms with van der Waals surface area (Å²) in [6, 6.07) is 7.11. The van der Waals surface area contributed by atoms with Gasteiger partial charge in [0, 0.05) is 18.9 Å². The van der Waals surface area contributed by atoms with Crippen LogP contribution in [-0.4, -0.2) is 20.8 Å². The monoisotopic (exact) mass is 245 g/mol. The van der Waals surface area contributed by atoms with Crippen molar-refractivity contribution >= 4 is 11.6 Å². The van der Waals surface area contributed by atoms with E-state index < -0.39 is 0 Å². The van der Waals surface area contributed by atoms with E-state index >= 15 is 0 Å². The Morgan fingerprint density at radius 2 is 2.28 bits per heavy atom. The Hall–Kier alpha value is -2.14. The van der Waals surface area contributed by atoms with Gasteiger partial charge in [-0.15, -0.1) is 0 Å². The standard InChI is InChI=1S/C13H15N3O2/c1-9-12(7-16(2)15-9)13(18)14-11-5-3-4-10(6-11)8-17/h3-7,17H,8H2,1-2H3,(H,14,18). The first kappa shape index (κ1) is 12.3. The van der Waals surface area contributed by atoms with E-state index in [9.17, 15) is 4.79 Å². The molecule has 2 rings (SSSR count). The van der Waals surface area contributed by atoms with E-state index in [0.717, 1.165) is 5.56 Å². The molecule has 0 aliphatic heterocycles. The van der Waals surface area contributed by atoms with Crippen LogP contribution in [0.25, 0.3) is 0 Å². The molecule has 0 radical (unpaired) electrons. The maximum Gasteiger partial charge on any atom is 0.259 e. The van der Waals surface area contributed by atoms with Crippen LogP contribution >= 0.6 is 0 Å². The van der Waals surface area contributed by atoms with Crippen molar-refractivity contribution in [2.24, 2.45) is 7.05 Å². The van der Waals surface area contributed by atoms with Crippen LogP contribution in [0.15, 0.2) is 30.5 Å². The highest BCUT2D eigenvalue weighted by Gasteiger charge is 2.12. The summed E-state index contributed by atoms with van der Waals surface area (Å²) in [6.45, 7) is 1.74. The molecule has 1 aromatic carbocycles. The first-order valence-corrected chi connectivity index (χ1v) is 5.61. The van der Waals surface area contributed by atoms with Crippen LogP contribution in [0.2, 0.25) is 0 Å². The minimum absolute atomic E-state index is 0.0460. The fraction of sp³-hybridized carbons (Fsp3) is 0.231. The Labute approximate surface area is 105 Å². The molecule has 0 saturated heterocycles. The second kappa shape index (κ2) is 5.01. The highest BCUT2D eigenvalue weighted by molar-refractivity contribution is 6.04. The zero-order chi connectivity index (χ0) is 13.1. The number of carbonyl (C=O) groups is 1. The van der Waals surface area contributed by atoms with E-state index in [0.29, 0.717) is 16.9 Å². The van der Waals surface area contributed by atoms with Crippen molar-refractivity contribution in [3.8, 4) is 0 Å². The van der Waals surface area contributed by atoms with E-state index in [4.69, 9.17) is 5.11 Å². The maximum absolute atomic E-state index is 12.0. The Kier molecular flexibility index (Phi) is 3.43. The SMILES string of the molecule is Cc1nn(C)cc1C(=O)Nc1cccc(CO)c1. The summed E-state index contributed by atoms with van der Waals surface area (Å²) >= 11 is 0. The molecule has 0 unspecified atom stereocenters. The molecule has 2 aromatic rings. The molecule has 94 valence electrons. The molecule has 0 saturated carbocycles. The third kappa shape index (κ3) is 2.57. The predicted molar refractivity (Wildman–Crippen MR) is 68.3 cm³/mol. The normalized spacial score (nSPS) is 10.4. The highest BCUT2D eigenvalue weighted by atomic mass is 16.3. The van der Waals surface area contributed by atoms with Gasteiger partial charge in [0.2, 0.25) is 0 Å². The van der Waals surface area contributed by atoms with Gasteiger partial charge in [0.05, 0.1) is 17.9 Å². The molecular formula is C13H15N3O2. The third-order valence-corrected chi connectivity index (χ3v) is 2.63. The van der Waals surface area contributed by atoms with Crippen molar-refractivity contribution in [2.45, 2.75) is 13.5 Å². The third-order valence-electron chi connectivity index (χ3n) is 2.63. The number of hydrogen-bond acceptors (Lipinski definition) is 3. The molecule has 5 heteroatoms. The summed E-state index contributed by atoms with van der Waals surface area (Å²) < 4.78 is 1.61. The summed E-state index contributed by atoms with van der Waals surface area (Å²) in [5, 5.41) is 15.9. The van der Waals surface area contributed by atoms with Crippen LogP contribution in [0.3, 0.4) is 0 Å². The number of aromatic nitrogens is 2. The van der Waals surface area contributed by atoms with Crippen LogP contribution < -0.4 is 5.32 Å². The highest BCUT2D eigenvalue weighted by Crippen LogP contribution is 2.13. The van der Waals surface area contributed by atoms with Gasteiger partial charge in [0.1, 0.15) is 0 Å². The van der Waals surface area contributed by atoms with Crippen molar-refractivity contribution in [1.29, 1.82) is 0 Å². The lowest BCUT2D eigenvalue weighted by molar-refractivity contribution is 0.102. The Morgan fingerprint density at radius 3 is 2.89 bits per heavy atom. The van der Waals surface area contributed by atoms with E-state index in [2.05, 4.69) is 10.4 Å². The average molecular weight is 245 g/mol. The number of anilines is 1. The van der Waals surface area contributed by atoms with Crippen molar-refractivity contribution in [1.82, 2.24) is 9.78 Å². The van der Waals surface area contributed by atoms with Crippen LogP contribution in [0, 0.1) is 6.92 Å². The second-order valence-corrected chi connectivity index (χ2v) is 4.11. The molecule has 1 aromatic heterocycles. The van der Waals surface area contributed by atoms with Gasteiger partial charge in [-0.3, -0.25) is 9.48 Å². The molecule has 0 aliphatic rings. The number of nitrogens with zero attached hydrogens (tertiary/aromatic N) is 2. The lowest BCUT2D eigenvalue weighted by atomic mass is 10.2. The molecule has 0 spiro atoms. The van der Waals surface area contributed by atoms with Gasteiger partial charge in [0.15, 0.2) is 0 Å². The molecule has 0 atom stereocenters. The summed E-state index contributed by atoms with van der Waals surface area (Å²) in [4.78, 5) is 12.0. The van der Waals surface area contributed by atoms with Gasteiger partial charge in [0.25, 0.3) is 5.91 Å². The summed E-state index contributed by atoms with van der Waals surface area (Å²) in [7, 11) is 1.77. The first-order valence-electron chi connectivity index (χ1n) is 5.61. The van der Waals surface area contributed by atoms with E-state index in [1.54, 1.807) is 49.1 Å². The Balaban J connectivity index is 2.18. The molecule has 0 aliphatic carbocycles.